The monoisotopic (exact) mass is 343 g/mol. The fourth-order valence-corrected chi connectivity index (χ4v) is 3.51. The van der Waals surface area contributed by atoms with Crippen LogP contribution >= 0.6 is 0 Å². The van der Waals surface area contributed by atoms with E-state index in [1.807, 2.05) is 25.1 Å². The fraction of sp³-hybridized carbons (Fsp3) is 0.600. The average molecular weight is 343 g/mol. The van der Waals surface area contributed by atoms with Crippen molar-refractivity contribution in [2.24, 2.45) is 0 Å². The first kappa shape index (κ1) is 17.9. The van der Waals surface area contributed by atoms with E-state index in [0.717, 1.165) is 42.7 Å². The highest BCUT2D eigenvalue weighted by atomic mass is 16.5. The summed E-state index contributed by atoms with van der Waals surface area (Å²) in [4.78, 5) is 17.2. The fourth-order valence-electron chi connectivity index (χ4n) is 3.51. The minimum atomic E-state index is -0.301. The summed E-state index contributed by atoms with van der Waals surface area (Å²) in [5.41, 5.74) is 2.14. The number of benzene rings is 1. The lowest BCUT2D eigenvalue weighted by Gasteiger charge is -2.18. The second kappa shape index (κ2) is 8.48. The zero-order chi connectivity index (χ0) is 17.6. The van der Waals surface area contributed by atoms with Crippen LogP contribution in [0.15, 0.2) is 24.3 Å². The summed E-state index contributed by atoms with van der Waals surface area (Å²) in [7, 11) is 0. The van der Waals surface area contributed by atoms with Gasteiger partial charge in [-0.05, 0) is 38.3 Å². The van der Waals surface area contributed by atoms with Crippen molar-refractivity contribution < 1.29 is 9.53 Å². The van der Waals surface area contributed by atoms with Crippen LogP contribution < -0.4 is 5.32 Å². The molecule has 1 aromatic carbocycles. The molecule has 2 atom stereocenters. The van der Waals surface area contributed by atoms with Gasteiger partial charge in [-0.3, -0.25) is 4.79 Å². The van der Waals surface area contributed by atoms with Crippen molar-refractivity contribution in [1.82, 2.24) is 14.9 Å². The van der Waals surface area contributed by atoms with Crippen molar-refractivity contribution in [2.75, 3.05) is 6.61 Å². The van der Waals surface area contributed by atoms with Crippen LogP contribution in [0.5, 0.6) is 0 Å². The molecule has 5 nitrogen and oxygen atoms in total. The van der Waals surface area contributed by atoms with Gasteiger partial charge < -0.3 is 14.6 Å². The number of nitrogens with one attached hydrogen (secondary N) is 1. The topological polar surface area (TPSA) is 56.2 Å². The Hall–Kier alpha value is -1.88. The normalized spacial score (nSPS) is 18.6. The molecule has 1 saturated heterocycles. The molecule has 0 aliphatic carbocycles. The molecule has 2 unspecified atom stereocenters. The number of hydrogen-bond acceptors (Lipinski definition) is 3. The Morgan fingerprint density at radius 1 is 1.36 bits per heavy atom. The Morgan fingerprint density at radius 3 is 2.96 bits per heavy atom. The van der Waals surface area contributed by atoms with Crippen LogP contribution in [0.2, 0.25) is 0 Å². The van der Waals surface area contributed by atoms with Crippen LogP contribution in [0, 0.1) is 0 Å². The van der Waals surface area contributed by atoms with Crippen LogP contribution in [-0.2, 0) is 16.1 Å². The largest absolute Gasteiger partial charge is 0.368 e. The lowest BCUT2D eigenvalue weighted by atomic mass is 10.2. The number of aryl methyl sites for hydroxylation is 1. The molecule has 0 bridgehead atoms. The molecule has 136 valence electrons. The molecule has 0 radical (unpaired) electrons. The van der Waals surface area contributed by atoms with E-state index in [1.165, 1.54) is 19.3 Å². The maximum absolute atomic E-state index is 12.4. The molecule has 1 amide bonds. The van der Waals surface area contributed by atoms with Gasteiger partial charge in [0, 0.05) is 13.2 Å². The highest BCUT2D eigenvalue weighted by molar-refractivity contribution is 5.81. The first-order valence-corrected chi connectivity index (χ1v) is 9.58. The summed E-state index contributed by atoms with van der Waals surface area (Å²) < 4.78 is 7.76. The molecular formula is C20H29N3O2. The standard InChI is InChI=1S/C20H29N3O2/c1-3-4-5-8-13-23-17-11-7-6-10-16(17)22-19(23)15(2)21-20(24)18-12-9-14-25-18/h6-7,10-11,15,18H,3-5,8-9,12-14H2,1-2H3,(H,21,24). The molecule has 1 aromatic heterocycles. The molecule has 1 fully saturated rings. The van der Waals surface area contributed by atoms with Gasteiger partial charge in [-0.1, -0.05) is 38.3 Å². The number of carbonyl (C=O) groups is 1. The molecule has 2 heterocycles. The Morgan fingerprint density at radius 2 is 2.20 bits per heavy atom. The lowest BCUT2D eigenvalue weighted by Crippen LogP contribution is -2.36. The van der Waals surface area contributed by atoms with Crippen LogP contribution in [0.4, 0.5) is 0 Å². The van der Waals surface area contributed by atoms with Crippen LogP contribution in [0.25, 0.3) is 11.0 Å². The van der Waals surface area contributed by atoms with Crippen molar-refractivity contribution in [3.05, 3.63) is 30.1 Å². The zero-order valence-electron chi connectivity index (χ0n) is 15.3. The van der Waals surface area contributed by atoms with Gasteiger partial charge in [0.25, 0.3) is 0 Å². The van der Waals surface area contributed by atoms with Gasteiger partial charge in [0.2, 0.25) is 5.91 Å². The summed E-state index contributed by atoms with van der Waals surface area (Å²) in [6.07, 6.45) is 6.31. The Balaban J connectivity index is 1.77. The third-order valence-corrected chi connectivity index (χ3v) is 4.89. The zero-order valence-corrected chi connectivity index (χ0v) is 15.3. The van der Waals surface area contributed by atoms with E-state index in [2.05, 4.69) is 22.9 Å². The quantitative estimate of drug-likeness (QED) is 0.738. The van der Waals surface area contributed by atoms with Crippen molar-refractivity contribution in [3.8, 4) is 0 Å². The minimum Gasteiger partial charge on any atom is -0.368 e. The molecule has 1 N–H and O–H groups in total. The number of para-hydroxylation sites is 2. The van der Waals surface area contributed by atoms with Gasteiger partial charge in [0.1, 0.15) is 11.9 Å². The van der Waals surface area contributed by atoms with Gasteiger partial charge in [-0.2, -0.15) is 0 Å². The number of carbonyl (C=O) groups excluding carboxylic acids is 1. The van der Waals surface area contributed by atoms with Gasteiger partial charge in [-0.25, -0.2) is 4.98 Å². The van der Waals surface area contributed by atoms with Gasteiger partial charge in [0.15, 0.2) is 0 Å². The third kappa shape index (κ3) is 4.21. The SMILES string of the molecule is CCCCCCn1c(C(C)NC(=O)C2CCCO2)nc2ccccc21. The predicted octanol–water partition coefficient (Wildman–Crippen LogP) is 3.97. The van der Waals surface area contributed by atoms with E-state index in [-0.39, 0.29) is 18.1 Å². The van der Waals surface area contributed by atoms with E-state index in [1.54, 1.807) is 0 Å². The second-order valence-corrected chi connectivity index (χ2v) is 6.90. The number of rotatable bonds is 8. The van der Waals surface area contributed by atoms with Crippen molar-refractivity contribution >= 4 is 16.9 Å². The van der Waals surface area contributed by atoms with Crippen molar-refractivity contribution in [1.29, 1.82) is 0 Å². The molecule has 1 aliphatic rings. The molecule has 1 aliphatic heterocycles. The summed E-state index contributed by atoms with van der Waals surface area (Å²) in [6, 6.07) is 8.08. The Labute approximate surface area is 149 Å². The highest BCUT2D eigenvalue weighted by Gasteiger charge is 2.26. The molecule has 0 spiro atoms. The van der Waals surface area contributed by atoms with Gasteiger partial charge in [-0.15, -0.1) is 0 Å². The molecule has 5 heteroatoms. The first-order valence-electron chi connectivity index (χ1n) is 9.58. The van der Waals surface area contributed by atoms with Crippen molar-refractivity contribution in [2.45, 2.75) is 71.1 Å². The minimum absolute atomic E-state index is 0.0189. The first-order chi connectivity index (χ1) is 12.2. The molecule has 2 aromatic rings. The van der Waals surface area contributed by atoms with E-state index < -0.39 is 0 Å². The number of ether oxygens (including phenoxy) is 1. The number of amides is 1. The Bertz CT molecular complexity index is 704. The van der Waals surface area contributed by atoms with Gasteiger partial charge in [0.05, 0.1) is 17.1 Å². The molecular weight excluding hydrogens is 314 g/mol. The summed E-state index contributed by atoms with van der Waals surface area (Å²) in [5, 5.41) is 3.09. The number of nitrogens with zero attached hydrogens (tertiary/aromatic N) is 2. The number of imidazole rings is 1. The maximum Gasteiger partial charge on any atom is 0.249 e. The lowest BCUT2D eigenvalue weighted by molar-refractivity contribution is -0.130. The van der Waals surface area contributed by atoms with Gasteiger partial charge >= 0.3 is 0 Å². The third-order valence-electron chi connectivity index (χ3n) is 4.89. The number of unbranched alkanes of at least 4 members (excludes halogenated alkanes) is 3. The summed E-state index contributed by atoms with van der Waals surface area (Å²) in [6.45, 7) is 5.86. The number of aromatic nitrogens is 2. The van der Waals surface area contributed by atoms with Crippen LogP contribution in [-0.4, -0.2) is 28.2 Å². The number of fused-ring (bicyclic) bond motifs is 1. The molecule has 25 heavy (non-hydrogen) atoms. The predicted molar refractivity (Wildman–Crippen MR) is 99.4 cm³/mol. The Kier molecular flexibility index (Phi) is 6.08. The van der Waals surface area contributed by atoms with Crippen molar-refractivity contribution in [3.63, 3.8) is 0 Å². The maximum atomic E-state index is 12.4. The van der Waals surface area contributed by atoms with E-state index in [4.69, 9.17) is 9.72 Å². The second-order valence-electron chi connectivity index (χ2n) is 6.90. The molecule has 3 rings (SSSR count). The van der Waals surface area contributed by atoms with Crippen LogP contribution in [0.1, 0.15) is 64.2 Å². The summed E-state index contributed by atoms with van der Waals surface area (Å²) >= 11 is 0. The number of hydrogen-bond donors (Lipinski definition) is 1. The van der Waals surface area contributed by atoms with E-state index >= 15 is 0 Å². The highest BCUT2D eigenvalue weighted by Crippen LogP contribution is 2.22. The van der Waals surface area contributed by atoms with E-state index in [0.29, 0.717) is 6.61 Å². The van der Waals surface area contributed by atoms with E-state index in [9.17, 15) is 4.79 Å². The smallest absolute Gasteiger partial charge is 0.249 e. The van der Waals surface area contributed by atoms with Crippen LogP contribution in [0.3, 0.4) is 0 Å². The summed E-state index contributed by atoms with van der Waals surface area (Å²) in [5.74, 6) is 0.915. The molecule has 0 saturated carbocycles. The average Bonchev–Trinajstić information content (AvgIpc) is 3.27.